The zero-order chi connectivity index (χ0) is 22.6. The summed E-state index contributed by atoms with van der Waals surface area (Å²) in [6.45, 7) is 6.24. The number of nitrogens with one attached hydrogen (secondary N) is 2. The summed E-state index contributed by atoms with van der Waals surface area (Å²) in [5.41, 5.74) is 2.73. The number of imide groups is 1. The molecule has 1 unspecified atom stereocenters. The molecule has 1 fully saturated rings. The molecule has 164 valence electrons. The van der Waals surface area contributed by atoms with Gasteiger partial charge in [0, 0.05) is 29.1 Å². The molecule has 7 nitrogen and oxygen atoms in total. The van der Waals surface area contributed by atoms with Crippen LogP contribution in [0.15, 0.2) is 48.5 Å². The van der Waals surface area contributed by atoms with E-state index in [0.29, 0.717) is 24.2 Å². The van der Waals surface area contributed by atoms with Crippen molar-refractivity contribution in [2.45, 2.75) is 45.2 Å². The van der Waals surface area contributed by atoms with Gasteiger partial charge in [0.05, 0.1) is 11.4 Å². The summed E-state index contributed by atoms with van der Waals surface area (Å²) in [6.07, 6.45) is 1.53. The number of aromatic nitrogens is 1. The van der Waals surface area contributed by atoms with Gasteiger partial charge in [0.2, 0.25) is 0 Å². The third-order valence-corrected chi connectivity index (χ3v) is 6.84. The number of hydrogen-bond acceptors (Lipinski definition) is 3. The number of nitrogens with zero attached hydrogens (tertiary/aromatic N) is 2. The van der Waals surface area contributed by atoms with Gasteiger partial charge < -0.3 is 15.2 Å². The summed E-state index contributed by atoms with van der Waals surface area (Å²) < 4.78 is 0. The second-order valence-electron chi connectivity index (χ2n) is 8.75. The lowest BCUT2D eigenvalue weighted by molar-refractivity contribution is -0.125. The van der Waals surface area contributed by atoms with Crippen LogP contribution < -0.4 is 10.2 Å². The molecule has 2 atom stereocenters. The van der Waals surface area contributed by atoms with E-state index < -0.39 is 5.54 Å². The van der Waals surface area contributed by atoms with Crippen LogP contribution >= 0.6 is 0 Å². The topological polar surface area (TPSA) is 85.5 Å². The minimum atomic E-state index is -1.09. The van der Waals surface area contributed by atoms with Crippen molar-refractivity contribution in [1.29, 1.82) is 0 Å². The van der Waals surface area contributed by atoms with Gasteiger partial charge in [-0.1, -0.05) is 25.1 Å². The molecule has 3 heterocycles. The number of hydrogen-bond donors (Lipinski definition) is 2. The van der Waals surface area contributed by atoms with Crippen LogP contribution in [0.3, 0.4) is 0 Å². The number of H-pyrrole nitrogens is 1. The lowest BCUT2D eigenvalue weighted by atomic mass is 9.87. The van der Waals surface area contributed by atoms with Gasteiger partial charge in [-0.15, -0.1) is 0 Å². The predicted molar refractivity (Wildman–Crippen MR) is 123 cm³/mol. The van der Waals surface area contributed by atoms with Crippen LogP contribution in [-0.4, -0.2) is 40.3 Å². The van der Waals surface area contributed by atoms with Crippen LogP contribution in [0.5, 0.6) is 0 Å². The van der Waals surface area contributed by atoms with E-state index in [-0.39, 0.29) is 23.9 Å². The fourth-order valence-corrected chi connectivity index (χ4v) is 4.79. The highest BCUT2D eigenvalue weighted by molar-refractivity contribution is 6.23. The molecule has 0 saturated carbocycles. The lowest BCUT2D eigenvalue weighted by Gasteiger charge is -2.35. The smallest absolute Gasteiger partial charge is 0.332 e. The Morgan fingerprint density at radius 2 is 1.88 bits per heavy atom. The molecule has 1 aromatic heterocycles. The van der Waals surface area contributed by atoms with E-state index in [1.54, 1.807) is 29.2 Å². The quantitative estimate of drug-likeness (QED) is 0.615. The lowest BCUT2D eigenvalue weighted by Crippen LogP contribution is -2.49. The Kier molecular flexibility index (Phi) is 4.58. The minimum absolute atomic E-state index is 0.0743. The largest absolute Gasteiger partial charge is 0.356 e. The maximum Gasteiger partial charge on any atom is 0.332 e. The standard InChI is InChI=1S/C25H26N4O3/c1-4-15(2)26-22(30)16-9-11-17(12-10-16)29-23(31)25(3)21-19(13-14-28(25)24(29)32)18-7-5-6-8-20(18)27-21/h5-12,15,27H,4,13-14H2,1-3H3,(H,26,30)/t15?,25-/m0/s1. The van der Waals surface area contributed by atoms with Crippen LogP contribution in [0.2, 0.25) is 0 Å². The maximum absolute atomic E-state index is 13.7. The zero-order valence-corrected chi connectivity index (χ0v) is 18.4. The Hall–Kier alpha value is -3.61. The molecule has 3 aromatic rings. The fraction of sp³-hybridized carbons (Fsp3) is 0.320. The predicted octanol–water partition coefficient (Wildman–Crippen LogP) is 3.94. The van der Waals surface area contributed by atoms with Crippen molar-refractivity contribution < 1.29 is 14.4 Å². The Morgan fingerprint density at radius 1 is 1.16 bits per heavy atom. The fourth-order valence-electron chi connectivity index (χ4n) is 4.79. The van der Waals surface area contributed by atoms with Gasteiger partial charge in [-0.05, 0) is 62.6 Å². The van der Waals surface area contributed by atoms with Gasteiger partial charge in [-0.25, -0.2) is 9.69 Å². The molecular formula is C25H26N4O3. The molecule has 5 rings (SSSR count). The molecule has 0 aliphatic carbocycles. The summed E-state index contributed by atoms with van der Waals surface area (Å²) >= 11 is 0. The number of carbonyl (C=O) groups is 3. The van der Waals surface area contributed by atoms with Crippen molar-refractivity contribution in [1.82, 2.24) is 15.2 Å². The van der Waals surface area contributed by atoms with Crippen LogP contribution in [0.25, 0.3) is 10.9 Å². The molecule has 2 aromatic carbocycles. The maximum atomic E-state index is 13.7. The number of carbonyl (C=O) groups excluding carboxylic acids is 3. The van der Waals surface area contributed by atoms with E-state index in [9.17, 15) is 14.4 Å². The Balaban J connectivity index is 1.50. The first kappa shape index (κ1) is 20.3. The Labute approximate surface area is 186 Å². The van der Waals surface area contributed by atoms with Gasteiger partial charge in [-0.2, -0.15) is 0 Å². The molecular weight excluding hydrogens is 404 g/mol. The van der Waals surface area contributed by atoms with Crippen molar-refractivity contribution in [3.63, 3.8) is 0 Å². The first-order chi connectivity index (χ1) is 15.4. The molecule has 2 aliphatic heterocycles. The Bertz CT molecular complexity index is 1250. The highest BCUT2D eigenvalue weighted by Crippen LogP contribution is 2.45. The van der Waals surface area contributed by atoms with Gasteiger partial charge >= 0.3 is 6.03 Å². The third kappa shape index (κ3) is 2.77. The highest BCUT2D eigenvalue weighted by Gasteiger charge is 2.58. The van der Waals surface area contributed by atoms with E-state index >= 15 is 0 Å². The van der Waals surface area contributed by atoms with Gasteiger partial charge in [0.1, 0.15) is 0 Å². The number of anilines is 1. The summed E-state index contributed by atoms with van der Waals surface area (Å²) in [5.74, 6) is -0.455. The third-order valence-electron chi connectivity index (χ3n) is 6.84. The van der Waals surface area contributed by atoms with Gasteiger partial charge in [0.25, 0.3) is 11.8 Å². The molecule has 32 heavy (non-hydrogen) atoms. The number of fused-ring (bicyclic) bond motifs is 5. The second-order valence-corrected chi connectivity index (χ2v) is 8.75. The van der Waals surface area contributed by atoms with E-state index in [1.165, 1.54) is 4.90 Å². The van der Waals surface area contributed by atoms with Gasteiger partial charge in [0.15, 0.2) is 5.54 Å². The van der Waals surface area contributed by atoms with Crippen LogP contribution in [0, 0.1) is 0 Å². The van der Waals surface area contributed by atoms with E-state index in [1.807, 2.05) is 45.0 Å². The molecule has 0 radical (unpaired) electrons. The molecule has 1 saturated heterocycles. The van der Waals surface area contributed by atoms with E-state index in [2.05, 4.69) is 10.3 Å². The molecule has 2 aliphatic rings. The molecule has 7 heteroatoms. The van der Waals surface area contributed by atoms with E-state index in [4.69, 9.17) is 0 Å². The Morgan fingerprint density at radius 3 is 2.59 bits per heavy atom. The summed E-state index contributed by atoms with van der Waals surface area (Å²) in [7, 11) is 0. The molecule has 0 spiro atoms. The molecule has 4 amide bonds. The van der Waals surface area contributed by atoms with Crippen molar-refractivity contribution in [3.05, 3.63) is 65.4 Å². The number of aromatic amines is 1. The second kappa shape index (κ2) is 7.22. The van der Waals surface area contributed by atoms with Crippen molar-refractivity contribution >= 4 is 34.4 Å². The number of rotatable bonds is 4. The number of amides is 4. The van der Waals surface area contributed by atoms with Crippen LogP contribution in [0.1, 0.15) is 48.8 Å². The molecule has 0 bridgehead atoms. The number of para-hydroxylation sites is 1. The zero-order valence-electron chi connectivity index (χ0n) is 18.4. The van der Waals surface area contributed by atoms with Crippen molar-refractivity contribution in [3.8, 4) is 0 Å². The normalized spacial score (nSPS) is 21.0. The first-order valence-corrected chi connectivity index (χ1v) is 11.0. The average Bonchev–Trinajstić information content (AvgIpc) is 3.28. The minimum Gasteiger partial charge on any atom is -0.356 e. The summed E-state index contributed by atoms with van der Waals surface area (Å²) in [5, 5.41) is 4.02. The van der Waals surface area contributed by atoms with Crippen LogP contribution in [0.4, 0.5) is 10.5 Å². The van der Waals surface area contributed by atoms with Gasteiger partial charge in [-0.3, -0.25) is 9.59 Å². The average molecular weight is 431 g/mol. The van der Waals surface area contributed by atoms with Crippen molar-refractivity contribution in [2.75, 3.05) is 11.4 Å². The van der Waals surface area contributed by atoms with E-state index in [0.717, 1.165) is 28.6 Å². The van der Waals surface area contributed by atoms with Crippen molar-refractivity contribution in [2.24, 2.45) is 0 Å². The van der Waals surface area contributed by atoms with Crippen LogP contribution in [-0.2, 0) is 16.8 Å². The summed E-state index contributed by atoms with van der Waals surface area (Å²) in [4.78, 5) is 45.7. The number of benzene rings is 2. The highest BCUT2D eigenvalue weighted by atomic mass is 16.2. The summed E-state index contributed by atoms with van der Waals surface area (Å²) in [6, 6.07) is 14.3. The number of urea groups is 1. The monoisotopic (exact) mass is 430 g/mol. The SMILES string of the molecule is CCC(C)NC(=O)c1ccc(N2C(=O)N3CCc4c([nH]c5ccccc45)[C@@]3(C)C2=O)cc1. The molecule has 2 N–H and O–H groups in total. The first-order valence-electron chi connectivity index (χ1n) is 11.0.